The van der Waals surface area contributed by atoms with E-state index in [4.69, 9.17) is 11.5 Å². The van der Waals surface area contributed by atoms with Crippen LogP contribution in [-0.4, -0.2) is 22.1 Å². The van der Waals surface area contributed by atoms with E-state index >= 15 is 0 Å². The highest BCUT2D eigenvalue weighted by Crippen LogP contribution is 2.53. The molecule has 1 atom stereocenters. The summed E-state index contributed by atoms with van der Waals surface area (Å²) in [7, 11) is 0. The first-order chi connectivity index (χ1) is 9.95. The first kappa shape index (κ1) is 17.7. The molecule has 11 heteroatoms. The Bertz CT molecular complexity index is 578. The standard InChI is InChI=1S/C11H15F3N4O4/c1-3-10(4-2)8(11(12,13)14)5(15)7(17(19)20)6(16)9(10)18(21)22/h9H,3-4,15-16H2,1-2H3. The molecule has 8 nitrogen and oxygen atoms in total. The Morgan fingerprint density at radius 1 is 1.18 bits per heavy atom. The summed E-state index contributed by atoms with van der Waals surface area (Å²) in [5.41, 5.74) is 4.06. The van der Waals surface area contributed by atoms with E-state index < -0.39 is 50.1 Å². The van der Waals surface area contributed by atoms with Crippen LogP contribution in [0.2, 0.25) is 0 Å². The zero-order chi connectivity index (χ0) is 17.5. The predicted molar refractivity (Wildman–Crippen MR) is 69.3 cm³/mol. The highest BCUT2D eigenvalue weighted by molar-refractivity contribution is 5.45. The third-order valence-corrected chi connectivity index (χ3v) is 4.05. The normalized spacial score (nSPS) is 22.0. The number of rotatable bonds is 4. The summed E-state index contributed by atoms with van der Waals surface area (Å²) in [4.78, 5) is 20.0. The van der Waals surface area contributed by atoms with E-state index in [1.165, 1.54) is 13.8 Å². The molecule has 22 heavy (non-hydrogen) atoms. The highest BCUT2D eigenvalue weighted by atomic mass is 19.4. The van der Waals surface area contributed by atoms with Crippen molar-refractivity contribution < 1.29 is 23.0 Å². The Kier molecular flexibility index (Phi) is 4.40. The van der Waals surface area contributed by atoms with E-state index in [0.717, 1.165) is 0 Å². The molecule has 0 aromatic carbocycles. The quantitative estimate of drug-likeness (QED) is 0.596. The first-order valence-electron chi connectivity index (χ1n) is 6.31. The Hall–Kier alpha value is -2.33. The molecule has 0 saturated heterocycles. The third-order valence-electron chi connectivity index (χ3n) is 4.05. The molecule has 1 aliphatic carbocycles. The Morgan fingerprint density at radius 3 is 1.91 bits per heavy atom. The molecule has 0 bridgehead atoms. The smallest absolute Gasteiger partial charge is 0.393 e. The van der Waals surface area contributed by atoms with Crippen LogP contribution in [-0.2, 0) is 0 Å². The van der Waals surface area contributed by atoms with Crippen LogP contribution in [0.15, 0.2) is 22.7 Å². The van der Waals surface area contributed by atoms with Crippen LogP contribution in [0.5, 0.6) is 0 Å². The van der Waals surface area contributed by atoms with Gasteiger partial charge in [0, 0.05) is 4.92 Å². The van der Waals surface area contributed by atoms with Gasteiger partial charge in [-0.1, -0.05) is 13.8 Å². The number of hydrogen-bond donors (Lipinski definition) is 2. The van der Waals surface area contributed by atoms with Crippen LogP contribution in [0.4, 0.5) is 13.2 Å². The molecule has 1 rings (SSSR count). The summed E-state index contributed by atoms with van der Waals surface area (Å²) < 4.78 is 40.2. The van der Waals surface area contributed by atoms with Crippen molar-refractivity contribution in [2.24, 2.45) is 16.9 Å². The van der Waals surface area contributed by atoms with Crippen molar-refractivity contribution in [3.8, 4) is 0 Å². The van der Waals surface area contributed by atoms with Gasteiger partial charge in [0.1, 0.15) is 5.70 Å². The SMILES string of the molecule is CCC1(CC)C(C(F)(F)F)=C(N)C([N+](=O)[O-])=C(N)C1[N+](=O)[O-]. The molecule has 1 aliphatic rings. The van der Waals surface area contributed by atoms with E-state index in [2.05, 4.69) is 0 Å². The van der Waals surface area contributed by atoms with Crippen molar-refractivity contribution in [2.75, 3.05) is 0 Å². The monoisotopic (exact) mass is 324 g/mol. The molecule has 124 valence electrons. The molecule has 0 fully saturated rings. The van der Waals surface area contributed by atoms with Crippen molar-refractivity contribution in [2.45, 2.75) is 38.9 Å². The number of hydrogen-bond acceptors (Lipinski definition) is 6. The lowest BCUT2D eigenvalue weighted by molar-refractivity contribution is -0.534. The number of alkyl halides is 3. The van der Waals surface area contributed by atoms with Crippen LogP contribution < -0.4 is 11.5 Å². The fraction of sp³-hybridized carbons (Fsp3) is 0.636. The summed E-state index contributed by atoms with van der Waals surface area (Å²) in [5, 5.41) is 22.3. The van der Waals surface area contributed by atoms with Crippen molar-refractivity contribution in [1.29, 1.82) is 0 Å². The second-order valence-electron chi connectivity index (χ2n) is 4.90. The molecular weight excluding hydrogens is 309 g/mol. The lowest BCUT2D eigenvalue weighted by atomic mass is 9.65. The Balaban J connectivity index is 3.93. The van der Waals surface area contributed by atoms with Crippen molar-refractivity contribution in [1.82, 2.24) is 0 Å². The van der Waals surface area contributed by atoms with Gasteiger partial charge in [0.25, 0.3) is 6.04 Å². The summed E-state index contributed by atoms with van der Waals surface area (Å²) in [6.45, 7) is 2.65. The lowest BCUT2D eigenvalue weighted by Gasteiger charge is -2.39. The van der Waals surface area contributed by atoms with Gasteiger partial charge in [-0.3, -0.25) is 20.2 Å². The number of nitrogens with two attached hydrogens (primary N) is 2. The maximum Gasteiger partial charge on any atom is 0.415 e. The van der Waals surface area contributed by atoms with Gasteiger partial charge in [0.15, 0.2) is 5.70 Å². The zero-order valence-corrected chi connectivity index (χ0v) is 11.8. The molecule has 0 spiro atoms. The Morgan fingerprint density at radius 2 is 1.64 bits per heavy atom. The zero-order valence-electron chi connectivity index (χ0n) is 11.8. The molecule has 0 amide bonds. The van der Waals surface area contributed by atoms with Crippen LogP contribution in [0.25, 0.3) is 0 Å². The van der Waals surface area contributed by atoms with Crippen molar-refractivity contribution in [3.05, 3.63) is 42.9 Å². The molecule has 0 aliphatic heterocycles. The van der Waals surface area contributed by atoms with Crippen molar-refractivity contribution in [3.63, 3.8) is 0 Å². The molecule has 0 radical (unpaired) electrons. The van der Waals surface area contributed by atoms with E-state index in [0.29, 0.717) is 0 Å². The van der Waals surface area contributed by atoms with Crippen molar-refractivity contribution >= 4 is 0 Å². The molecule has 0 saturated carbocycles. The summed E-state index contributed by atoms with van der Waals surface area (Å²) in [6, 6.07) is -2.06. The van der Waals surface area contributed by atoms with Gasteiger partial charge in [-0.15, -0.1) is 0 Å². The second kappa shape index (κ2) is 5.46. The van der Waals surface area contributed by atoms with E-state index in [9.17, 15) is 33.4 Å². The molecule has 0 aromatic heterocycles. The Labute approximate surface area is 122 Å². The van der Waals surface area contributed by atoms with Gasteiger partial charge >= 0.3 is 11.9 Å². The molecule has 4 N–H and O–H groups in total. The first-order valence-corrected chi connectivity index (χ1v) is 6.31. The summed E-state index contributed by atoms with van der Waals surface area (Å²) in [6.07, 6.45) is -5.64. The van der Waals surface area contributed by atoms with Crippen LogP contribution in [0, 0.1) is 25.6 Å². The maximum absolute atomic E-state index is 13.4. The van der Waals surface area contributed by atoms with Crippen LogP contribution in [0.1, 0.15) is 26.7 Å². The molecule has 1 unspecified atom stereocenters. The number of nitrogens with zero attached hydrogens (tertiary/aromatic N) is 2. The minimum Gasteiger partial charge on any atom is -0.393 e. The fourth-order valence-electron chi connectivity index (χ4n) is 3.05. The van der Waals surface area contributed by atoms with Crippen LogP contribution >= 0.6 is 0 Å². The molecule has 0 aromatic rings. The molecular formula is C11H15F3N4O4. The van der Waals surface area contributed by atoms with Gasteiger partial charge in [0.2, 0.25) is 0 Å². The summed E-state index contributed by atoms with van der Waals surface area (Å²) in [5.74, 6) is 0. The topological polar surface area (TPSA) is 138 Å². The maximum atomic E-state index is 13.4. The van der Waals surface area contributed by atoms with E-state index in [1.54, 1.807) is 0 Å². The van der Waals surface area contributed by atoms with Gasteiger partial charge in [-0.25, -0.2) is 0 Å². The summed E-state index contributed by atoms with van der Waals surface area (Å²) >= 11 is 0. The minimum absolute atomic E-state index is 0.295. The van der Waals surface area contributed by atoms with Gasteiger partial charge in [-0.2, -0.15) is 13.2 Å². The van der Waals surface area contributed by atoms with Crippen LogP contribution in [0.3, 0.4) is 0 Å². The minimum atomic E-state index is -5.05. The van der Waals surface area contributed by atoms with Gasteiger partial charge < -0.3 is 11.5 Å². The second-order valence-corrected chi connectivity index (χ2v) is 4.90. The van der Waals surface area contributed by atoms with E-state index in [-0.39, 0.29) is 12.8 Å². The largest absolute Gasteiger partial charge is 0.415 e. The highest BCUT2D eigenvalue weighted by Gasteiger charge is 2.63. The number of nitro groups is 2. The average Bonchev–Trinajstić information content (AvgIpc) is 2.34. The third kappa shape index (κ3) is 2.35. The molecule has 0 heterocycles. The average molecular weight is 324 g/mol. The lowest BCUT2D eigenvalue weighted by Crippen LogP contribution is -2.52. The van der Waals surface area contributed by atoms with Gasteiger partial charge in [0.05, 0.1) is 15.9 Å². The fourth-order valence-corrected chi connectivity index (χ4v) is 3.05. The predicted octanol–water partition coefficient (Wildman–Crippen LogP) is 1.67. The number of halogens is 3. The van der Waals surface area contributed by atoms with Gasteiger partial charge in [-0.05, 0) is 12.8 Å². The van der Waals surface area contributed by atoms with E-state index in [1.807, 2.05) is 0 Å².